The number of fused-ring (bicyclic) bond motifs is 3. The first kappa shape index (κ1) is 18.2. The molecule has 1 heterocycles. The molecule has 2 aromatic carbocycles. The number of benzene rings is 2. The van der Waals surface area contributed by atoms with Crippen LogP contribution in [0.15, 0.2) is 48.5 Å². The molecule has 0 spiro atoms. The van der Waals surface area contributed by atoms with Crippen LogP contribution in [-0.4, -0.2) is 47.5 Å². The Hall–Kier alpha value is -3.15. The van der Waals surface area contributed by atoms with Gasteiger partial charge in [-0.2, -0.15) is 0 Å². The molecule has 6 heteroatoms. The lowest BCUT2D eigenvalue weighted by Gasteiger charge is -2.30. The number of piperidine rings is 1. The summed E-state index contributed by atoms with van der Waals surface area (Å²) in [7, 11) is 0. The molecule has 2 aromatic rings. The highest BCUT2D eigenvalue weighted by atomic mass is 16.5. The maximum absolute atomic E-state index is 12.6. The minimum Gasteiger partial charge on any atom is -0.480 e. The molecule has 0 radical (unpaired) electrons. The number of nitrogens with zero attached hydrogens (tertiary/aromatic N) is 1. The van der Waals surface area contributed by atoms with Gasteiger partial charge in [-0.3, -0.25) is 14.4 Å². The molecule has 0 saturated carbocycles. The molecule has 1 saturated heterocycles. The van der Waals surface area contributed by atoms with E-state index in [1.807, 2.05) is 36.4 Å². The third-order valence-corrected chi connectivity index (χ3v) is 5.50. The second kappa shape index (κ2) is 7.46. The predicted molar refractivity (Wildman–Crippen MR) is 102 cm³/mol. The molecule has 4 rings (SSSR count). The minimum absolute atomic E-state index is 0.0647. The molecule has 1 fully saturated rings. The normalized spacial score (nSPS) is 18.5. The lowest BCUT2D eigenvalue weighted by Crippen LogP contribution is -2.46. The zero-order valence-electron chi connectivity index (χ0n) is 15.3. The molecule has 1 N–H and O–H groups in total. The summed E-state index contributed by atoms with van der Waals surface area (Å²) < 4.78 is 5.57. The fraction of sp³-hybridized carbons (Fsp3) is 0.318. The summed E-state index contributed by atoms with van der Waals surface area (Å²) in [4.78, 5) is 37.2. The maximum Gasteiger partial charge on any atom is 0.323 e. The van der Waals surface area contributed by atoms with Gasteiger partial charge in [0.15, 0.2) is 0 Å². The van der Waals surface area contributed by atoms with Crippen LogP contribution >= 0.6 is 0 Å². The highest BCUT2D eigenvalue weighted by Crippen LogP contribution is 2.44. The second-order valence-corrected chi connectivity index (χ2v) is 7.21. The van der Waals surface area contributed by atoms with Crippen LogP contribution in [0.5, 0.6) is 0 Å². The first-order chi connectivity index (χ1) is 13.6. The number of carboxylic acid groups (broad SMARTS) is 1. The average molecular weight is 379 g/mol. The van der Waals surface area contributed by atoms with Crippen LogP contribution in [0.3, 0.4) is 0 Å². The molecule has 6 nitrogen and oxygen atoms in total. The van der Waals surface area contributed by atoms with E-state index >= 15 is 0 Å². The monoisotopic (exact) mass is 379 g/mol. The van der Waals surface area contributed by atoms with E-state index in [0.717, 1.165) is 22.3 Å². The van der Waals surface area contributed by atoms with Crippen molar-refractivity contribution >= 4 is 17.8 Å². The molecular weight excluding hydrogens is 358 g/mol. The van der Waals surface area contributed by atoms with Gasteiger partial charge in [0.1, 0.15) is 19.1 Å². The molecular formula is C22H21NO5. The van der Waals surface area contributed by atoms with Crippen LogP contribution in [0, 0.1) is 5.92 Å². The molecule has 2 aliphatic rings. The number of aliphatic carboxylic acids is 1. The van der Waals surface area contributed by atoms with Gasteiger partial charge in [0.25, 0.3) is 0 Å². The predicted octanol–water partition coefficient (Wildman–Crippen LogP) is 2.67. The van der Waals surface area contributed by atoms with Crippen molar-refractivity contribution in [3.8, 4) is 11.1 Å². The number of amides is 1. The van der Waals surface area contributed by atoms with E-state index in [2.05, 4.69) is 12.1 Å². The lowest BCUT2D eigenvalue weighted by molar-refractivity contribution is -0.160. The van der Waals surface area contributed by atoms with Crippen molar-refractivity contribution in [2.24, 2.45) is 5.92 Å². The zero-order chi connectivity index (χ0) is 19.7. The Morgan fingerprint density at radius 2 is 1.64 bits per heavy atom. The molecule has 1 amide bonds. The fourth-order valence-electron chi connectivity index (χ4n) is 4.18. The van der Waals surface area contributed by atoms with Crippen molar-refractivity contribution in [1.29, 1.82) is 0 Å². The van der Waals surface area contributed by atoms with Crippen molar-refractivity contribution in [1.82, 2.24) is 4.90 Å². The summed E-state index contributed by atoms with van der Waals surface area (Å²) in [5, 5.41) is 8.93. The van der Waals surface area contributed by atoms with Crippen LogP contribution in [0.1, 0.15) is 29.9 Å². The minimum atomic E-state index is -1.08. The number of carbonyl (C=O) groups excluding carboxylic acids is 2. The standard InChI is InChI=1S/C22H21NO5/c24-20(25)12-23-11-5-10-18(21(23)26)22(27)28-13-19-16-8-3-1-6-14(16)15-7-2-4-9-17(15)19/h1-4,6-9,18-19H,5,10-13H2,(H,24,25)/t18-/m1/s1. The second-order valence-electron chi connectivity index (χ2n) is 7.21. The number of carbonyl (C=O) groups is 3. The molecule has 0 bridgehead atoms. The molecule has 0 unspecified atom stereocenters. The molecule has 28 heavy (non-hydrogen) atoms. The Labute approximate surface area is 162 Å². The van der Waals surface area contributed by atoms with Gasteiger partial charge in [-0.05, 0) is 35.1 Å². The van der Waals surface area contributed by atoms with Crippen molar-refractivity contribution in [3.05, 3.63) is 59.7 Å². The Morgan fingerprint density at radius 1 is 1.04 bits per heavy atom. The zero-order valence-corrected chi connectivity index (χ0v) is 15.3. The van der Waals surface area contributed by atoms with Gasteiger partial charge in [0, 0.05) is 12.5 Å². The van der Waals surface area contributed by atoms with Gasteiger partial charge in [0.05, 0.1) is 0 Å². The highest BCUT2D eigenvalue weighted by molar-refractivity contribution is 5.99. The summed E-state index contributed by atoms with van der Waals surface area (Å²) in [5.41, 5.74) is 4.50. The van der Waals surface area contributed by atoms with Gasteiger partial charge in [-0.25, -0.2) is 0 Å². The summed E-state index contributed by atoms with van der Waals surface area (Å²) >= 11 is 0. The van der Waals surface area contributed by atoms with E-state index < -0.39 is 23.8 Å². The van der Waals surface area contributed by atoms with Crippen molar-refractivity contribution in [2.45, 2.75) is 18.8 Å². The fourth-order valence-corrected chi connectivity index (χ4v) is 4.18. The Morgan fingerprint density at radius 3 is 2.25 bits per heavy atom. The first-order valence-corrected chi connectivity index (χ1v) is 9.41. The third kappa shape index (κ3) is 3.26. The number of ether oxygens (including phenoxy) is 1. The molecule has 1 aliphatic heterocycles. The number of rotatable bonds is 5. The van der Waals surface area contributed by atoms with Gasteiger partial charge < -0.3 is 14.7 Å². The highest BCUT2D eigenvalue weighted by Gasteiger charge is 2.37. The summed E-state index contributed by atoms with van der Waals surface area (Å²) in [5.74, 6) is -3.08. The van der Waals surface area contributed by atoms with Gasteiger partial charge in [0.2, 0.25) is 5.91 Å². The van der Waals surface area contributed by atoms with E-state index in [9.17, 15) is 14.4 Å². The van der Waals surface area contributed by atoms with Crippen molar-refractivity contribution in [3.63, 3.8) is 0 Å². The molecule has 144 valence electrons. The van der Waals surface area contributed by atoms with Crippen LogP contribution in [0.2, 0.25) is 0 Å². The van der Waals surface area contributed by atoms with Crippen LogP contribution < -0.4 is 0 Å². The van der Waals surface area contributed by atoms with E-state index in [1.54, 1.807) is 0 Å². The largest absolute Gasteiger partial charge is 0.480 e. The SMILES string of the molecule is O=C(O)CN1CCC[C@@H](C(=O)OCC2c3ccccc3-c3ccccc32)C1=O. The number of carboxylic acids is 1. The summed E-state index contributed by atoms with van der Waals surface area (Å²) in [6.07, 6.45) is 0.986. The molecule has 0 aromatic heterocycles. The summed E-state index contributed by atoms with van der Waals surface area (Å²) in [6.45, 7) is 0.139. The van der Waals surface area contributed by atoms with Gasteiger partial charge in [-0.15, -0.1) is 0 Å². The quantitative estimate of drug-likeness (QED) is 0.638. The van der Waals surface area contributed by atoms with E-state index in [0.29, 0.717) is 19.4 Å². The van der Waals surface area contributed by atoms with E-state index in [1.165, 1.54) is 4.90 Å². The average Bonchev–Trinajstić information content (AvgIpc) is 3.01. The van der Waals surface area contributed by atoms with E-state index in [4.69, 9.17) is 9.84 Å². The lowest BCUT2D eigenvalue weighted by atomic mass is 9.96. The van der Waals surface area contributed by atoms with Crippen molar-refractivity contribution in [2.75, 3.05) is 19.7 Å². The third-order valence-electron chi connectivity index (χ3n) is 5.50. The molecule has 1 atom stereocenters. The number of esters is 1. The Balaban J connectivity index is 1.48. The molecule has 1 aliphatic carbocycles. The van der Waals surface area contributed by atoms with Crippen LogP contribution in [-0.2, 0) is 19.1 Å². The van der Waals surface area contributed by atoms with Crippen LogP contribution in [0.4, 0.5) is 0 Å². The number of likely N-dealkylation sites (tertiary alicyclic amines) is 1. The topological polar surface area (TPSA) is 83.9 Å². The van der Waals surface area contributed by atoms with E-state index in [-0.39, 0.29) is 19.1 Å². The maximum atomic E-state index is 12.6. The van der Waals surface area contributed by atoms with Crippen molar-refractivity contribution < 1.29 is 24.2 Å². The Kier molecular flexibility index (Phi) is 4.86. The van der Waals surface area contributed by atoms with Crippen LogP contribution in [0.25, 0.3) is 11.1 Å². The summed E-state index contributed by atoms with van der Waals surface area (Å²) in [6, 6.07) is 16.1. The number of hydrogen-bond acceptors (Lipinski definition) is 4. The number of hydrogen-bond donors (Lipinski definition) is 1. The van der Waals surface area contributed by atoms with Gasteiger partial charge in [-0.1, -0.05) is 48.5 Å². The smallest absolute Gasteiger partial charge is 0.323 e. The Bertz CT molecular complexity index is 893. The first-order valence-electron chi connectivity index (χ1n) is 9.41. The van der Waals surface area contributed by atoms with Gasteiger partial charge >= 0.3 is 11.9 Å².